The molecule has 0 fully saturated rings. The SMILES string of the molecule is CCOC(=O)c1cnn(-c2nc(OC)c3c(n2)c(Br)nn3[C@@H](CC)c2ccc(Cl)c(Cl)c2)c1.S. The van der Waals surface area contributed by atoms with Crippen LogP contribution in [0.5, 0.6) is 5.88 Å². The number of hydrogen-bond acceptors (Lipinski definition) is 7. The van der Waals surface area contributed by atoms with Gasteiger partial charge in [0.2, 0.25) is 5.88 Å². The van der Waals surface area contributed by atoms with Gasteiger partial charge in [0.15, 0.2) is 10.1 Å². The number of methoxy groups -OCH3 is 1. The van der Waals surface area contributed by atoms with E-state index in [9.17, 15) is 4.79 Å². The van der Waals surface area contributed by atoms with Gasteiger partial charge in [0.25, 0.3) is 5.95 Å². The summed E-state index contributed by atoms with van der Waals surface area (Å²) >= 11 is 15.9. The highest BCUT2D eigenvalue weighted by molar-refractivity contribution is 9.10. The van der Waals surface area contributed by atoms with E-state index in [4.69, 9.17) is 32.7 Å². The molecule has 1 atom stereocenters. The van der Waals surface area contributed by atoms with Gasteiger partial charge in [0.05, 0.1) is 41.6 Å². The minimum absolute atomic E-state index is 0. The van der Waals surface area contributed by atoms with Crippen LogP contribution in [0.1, 0.15) is 42.2 Å². The largest absolute Gasteiger partial charge is 0.479 e. The van der Waals surface area contributed by atoms with Crippen LogP contribution in [0.15, 0.2) is 35.2 Å². The Morgan fingerprint density at radius 1 is 1.21 bits per heavy atom. The van der Waals surface area contributed by atoms with E-state index in [-0.39, 0.29) is 32.1 Å². The zero-order valence-electron chi connectivity index (χ0n) is 18.4. The summed E-state index contributed by atoms with van der Waals surface area (Å²) in [5, 5.41) is 9.80. The van der Waals surface area contributed by atoms with Crippen molar-refractivity contribution in [1.82, 2.24) is 29.5 Å². The molecule has 0 spiro atoms. The predicted octanol–water partition coefficient (Wildman–Crippen LogP) is 5.38. The molecule has 34 heavy (non-hydrogen) atoms. The predicted molar refractivity (Wildman–Crippen MR) is 138 cm³/mol. The maximum Gasteiger partial charge on any atom is 0.341 e. The maximum absolute atomic E-state index is 12.0. The van der Waals surface area contributed by atoms with Crippen LogP contribution in [0.2, 0.25) is 10.0 Å². The van der Waals surface area contributed by atoms with Crippen molar-refractivity contribution in [1.29, 1.82) is 0 Å². The second kappa shape index (κ2) is 10.9. The molecule has 9 nitrogen and oxygen atoms in total. The van der Waals surface area contributed by atoms with Crippen molar-refractivity contribution in [3.63, 3.8) is 0 Å². The van der Waals surface area contributed by atoms with Gasteiger partial charge in [-0.15, -0.1) is 0 Å². The Balaban J connectivity index is 0.00000324. The first-order valence-corrected chi connectivity index (χ1v) is 11.6. The Labute approximate surface area is 220 Å². The van der Waals surface area contributed by atoms with Gasteiger partial charge in [0.1, 0.15) is 5.52 Å². The van der Waals surface area contributed by atoms with Crippen LogP contribution < -0.4 is 4.74 Å². The van der Waals surface area contributed by atoms with Crippen LogP contribution in [0.3, 0.4) is 0 Å². The molecular formula is C21H21BrCl2N6O3S. The zero-order chi connectivity index (χ0) is 23.7. The highest BCUT2D eigenvalue weighted by Crippen LogP contribution is 2.35. The van der Waals surface area contributed by atoms with Crippen LogP contribution in [0.4, 0.5) is 0 Å². The monoisotopic (exact) mass is 586 g/mol. The van der Waals surface area contributed by atoms with Crippen molar-refractivity contribution < 1.29 is 14.3 Å². The Bertz CT molecular complexity index is 1350. The lowest BCUT2D eigenvalue weighted by molar-refractivity contribution is 0.0526. The smallest absolute Gasteiger partial charge is 0.341 e. The molecule has 0 unspecified atom stereocenters. The molecule has 0 saturated heterocycles. The summed E-state index contributed by atoms with van der Waals surface area (Å²) in [5.41, 5.74) is 2.35. The molecule has 4 aromatic rings. The molecule has 0 aliphatic carbocycles. The van der Waals surface area contributed by atoms with Crippen LogP contribution >= 0.6 is 52.6 Å². The fraction of sp³-hybridized carbons (Fsp3) is 0.286. The van der Waals surface area contributed by atoms with Gasteiger partial charge in [-0.05, 0) is 47.0 Å². The van der Waals surface area contributed by atoms with Gasteiger partial charge < -0.3 is 9.47 Å². The molecular weight excluding hydrogens is 567 g/mol. The number of nitrogens with zero attached hydrogens (tertiary/aromatic N) is 6. The van der Waals surface area contributed by atoms with Crippen LogP contribution in [-0.4, -0.2) is 49.2 Å². The van der Waals surface area contributed by atoms with E-state index in [1.807, 2.05) is 19.1 Å². The summed E-state index contributed by atoms with van der Waals surface area (Å²) in [6, 6.07) is 5.32. The number of benzene rings is 1. The maximum atomic E-state index is 12.0. The lowest BCUT2D eigenvalue weighted by atomic mass is 10.0. The summed E-state index contributed by atoms with van der Waals surface area (Å²) in [7, 11) is 1.52. The average Bonchev–Trinajstić information content (AvgIpc) is 3.42. The van der Waals surface area contributed by atoms with Gasteiger partial charge in [-0.25, -0.2) is 19.1 Å². The van der Waals surface area contributed by atoms with Gasteiger partial charge in [0, 0.05) is 6.20 Å². The molecule has 3 heterocycles. The standard InChI is InChI=1S/C21H19BrCl2N6O3.H2S/c1-4-15(11-6-7-13(23)14(24)8-11)30-17-16(18(22)28-30)26-21(27-19(17)32-3)29-10-12(9-25-29)20(31)33-5-2;/h6-10,15H,4-5H2,1-3H3;1H2/t15-;/m0./s1. The number of fused-ring (bicyclic) bond motifs is 1. The van der Waals surface area contributed by atoms with E-state index in [0.29, 0.717) is 43.5 Å². The Hall–Kier alpha value is -2.34. The number of carbonyl (C=O) groups excluding carboxylic acids is 1. The van der Waals surface area contributed by atoms with Crippen molar-refractivity contribution in [2.75, 3.05) is 13.7 Å². The number of esters is 1. The highest BCUT2D eigenvalue weighted by Gasteiger charge is 2.25. The quantitative estimate of drug-likeness (QED) is 0.268. The highest BCUT2D eigenvalue weighted by atomic mass is 79.9. The van der Waals surface area contributed by atoms with Crippen molar-refractivity contribution in [2.45, 2.75) is 26.3 Å². The summed E-state index contributed by atoms with van der Waals surface area (Å²) in [4.78, 5) is 21.1. The number of hydrogen-bond donors (Lipinski definition) is 0. The molecule has 13 heteroatoms. The fourth-order valence-electron chi connectivity index (χ4n) is 3.46. The molecule has 1 aromatic carbocycles. The number of carbonyl (C=O) groups is 1. The van der Waals surface area contributed by atoms with E-state index < -0.39 is 5.97 Å². The lowest BCUT2D eigenvalue weighted by Gasteiger charge is -2.18. The van der Waals surface area contributed by atoms with Gasteiger partial charge >= 0.3 is 5.97 Å². The fourth-order valence-corrected chi connectivity index (χ4v) is 4.21. The van der Waals surface area contributed by atoms with Crippen LogP contribution in [0, 0.1) is 0 Å². The minimum atomic E-state index is -0.474. The number of halogens is 3. The molecule has 0 radical (unpaired) electrons. The van der Waals surface area contributed by atoms with E-state index >= 15 is 0 Å². The van der Waals surface area contributed by atoms with Gasteiger partial charge in [-0.3, -0.25) is 0 Å². The second-order valence-electron chi connectivity index (χ2n) is 6.96. The van der Waals surface area contributed by atoms with Crippen molar-refractivity contribution in [3.05, 3.63) is 56.4 Å². The van der Waals surface area contributed by atoms with E-state index in [2.05, 4.69) is 36.1 Å². The molecule has 0 aliphatic heterocycles. The molecule has 0 bridgehead atoms. The Morgan fingerprint density at radius 3 is 2.62 bits per heavy atom. The van der Waals surface area contributed by atoms with E-state index in [0.717, 1.165) is 5.56 Å². The van der Waals surface area contributed by atoms with Crippen LogP contribution in [0.25, 0.3) is 17.0 Å². The Morgan fingerprint density at radius 2 is 1.97 bits per heavy atom. The van der Waals surface area contributed by atoms with Gasteiger partial charge in [-0.2, -0.15) is 28.7 Å². The van der Waals surface area contributed by atoms with Crippen LogP contribution in [-0.2, 0) is 4.74 Å². The molecule has 0 saturated carbocycles. The third kappa shape index (κ3) is 4.88. The normalized spacial score (nSPS) is 11.8. The second-order valence-corrected chi connectivity index (χ2v) is 8.52. The molecule has 0 amide bonds. The van der Waals surface area contributed by atoms with E-state index in [1.165, 1.54) is 24.2 Å². The van der Waals surface area contributed by atoms with E-state index in [1.54, 1.807) is 17.7 Å². The molecule has 0 N–H and O–H groups in total. The Kier molecular flexibility index (Phi) is 8.45. The minimum Gasteiger partial charge on any atom is -0.479 e. The summed E-state index contributed by atoms with van der Waals surface area (Å²) in [5.74, 6) is 0.0517. The zero-order valence-corrected chi connectivity index (χ0v) is 22.5. The molecule has 0 aliphatic rings. The number of rotatable bonds is 7. The summed E-state index contributed by atoms with van der Waals surface area (Å²) in [6.45, 7) is 4.04. The first-order valence-electron chi connectivity index (χ1n) is 10.0. The lowest BCUT2D eigenvalue weighted by Crippen LogP contribution is -2.13. The average molecular weight is 588 g/mol. The number of ether oxygens (including phenoxy) is 2. The molecule has 180 valence electrons. The van der Waals surface area contributed by atoms with Crippen molar-refractivity contribution in [2.24, 2.45) is 0 Å². The topological polar surface area (TPSA) is 96.9 Å². The van der Waals surface area contributed by atoms with Crippen molar-refractivity contribution in [3.8, 4) is 11.8 Å². The first-order chi connectivity index (χ1) is 15.9. The first kappa shape index (κ1) is 26.3. The van der Waals surface area contributed by atoms with Crippen molar-refractivity contribution >= 4 is 69.6 Å². The summed E-state index contributed by atoms with van der Waals surface area (Å²) < 4.78 is 14.3. The molecule has 4 rings (SSSR count). The third-order valence-electron chi connectivity index (χ3n) is 4.96. The third-order valence-corrected chi connectivity index (χ3v) is 6.24. The number of aromatic nitrogens is 6. The summed E-state index contributed by atoms with van der Waals surface area (Å²) in [6.07, 6.45) is 3.61. The molecule has 3 aromatic heterocycles. The van der Waals surface area contributed by atoms with Gasteiger partial charge in [-0.1, -0.05) is 36.2 Å².